The third-order valence-corrected chi connectivity index (χ3v) is 4.34. The summed E-state index contributed by atoms with van der Waals surface area (Å²) in [5, 5.41) is 8.76. The highest BCUT2D eigenvalue weighted by atomic mass is 35.5. The van der Waals surface area contributed by atoms with Crippen molar-refractivity contribution in [3.05, 3.63) is 11.1 Å². The van der Waals surface area contributed by atoms with E-state index in [4.69, 9.17) is 11.6 Å². The van der Waals surface area contributed by atoms with Gasteiger partial charge in [-0.25, -0.2) is 0 Å². The molecule has 0 N–H and O–H groups in total. The predicted molar refractivity (Wildman–Crippen MR) is 63.4 cm³/mol. The molecule has 2 fully saturated rings. The molecule has 88 valence electrons. The zero-order valence-corrected chi connectivity index (χ0v) is 10.5. The molecule has 0 spiro atoms. The van der Waals surface area contributed by atoms with Crippen LogP contribution >= 0.6 is 11.6 Å². The topological polar surface area (TPSA) is 30.7 Å². The highest BCUT2D eigenvalue weighted by Gasteiger charge is 2.54. The summed E-state index contributed by atoms with van der Waals surface area (Å²) in [7, 11) is 0. The van der Waals surface area contributed by atoms with Crippen LogP contribution in [-0.2, 0) is 13.0 Å². The number of nitrogens with zero attached hydrogens (tertiary/aromatic N) is 3. The third kappa shape index (κ3) is 1.75. The number of rotatable bonds is 5. The standard InChI is InChI=1S/C12H18ClN3/c1-2-3-10-14-15-11(13)16(10)8-12(6-7-12)9-4-5-9/h9H,2-8H2,1H3. The summed E-state index contributed by atoms with van der Waals surface area (Å²) in [6.07, 6.45) is 7.67. The van der Waals surface area contributed by atoms with Crippen LogP contribution in [0.4, 0.5) is 0 Å². The normalized spacial score (nSPS) is 22.4. The predicted octanol–water partition coefficient (Wildman–Crippen LogP) is 3.07. The van der Waals surface area contributed by atoms with E-state index < -0.39 is 0 Å². The lowest BCUT2D eigenvalue weighted by molar-refractivity contribution is 0.363. The first-order chi connectivity index (χ1) is 7.75. The summed E-state index contributed by atoms with van der Waals surface area (Å²) in [6.45, 7) is 3.22. The lowest BCUT2D eigenvalue weighted by Gasteiger charge is -2.16. The second-order valence-electron chi connectivity index (χ2n) is 5.36. The molecule has 1 heterocycles. The number of halogens is 1. The highest BCUT2D eigenvalue weighted by Crippen LogP contribution is 2.62. The zero-order chi connectivity index (χ0) is 11.2. The van der Waals surface area contributed by atoms with Crippen LogP contribution in [0.25, 0.3) is 0 Å². The molecule has 0 aromatic carbocycles. The van der Waals surface area contributed by atoms with E-state index in [1.165, 1.54) is 25.7 Å². The van der Waals surface area contributed by atoms with Crippen molar-refractivity contribution in [2.24, 2.45) is 11.3 Å². The minimum atomic E-state index is 0.564. The van der Waals surface area contributed by atoms with Gasteiger partial charge in [0.15, 0.2) is 0 Å². The fraction of sp³-hybridized carbons (Fsp3) is 0.833. The van der Waals surface area contributed by atoms with Crippen molar-refractivity contribution in [2.45, 2.75) is 52.0 Å². The highest BCUT2D eigenvalue weighted by molar-refractivity contribution is 6.28. The van der Waals surface area contributed by atoms with Gasteiger partial charge < -0.3 is 4.57 Å². The Hall–Kier alpha value is -0.570. The second kappa shape index (κ2) is 3.73. The fourth-order valence-corrected chi connectivity index (χ4v) is 2.94. The van der Waals surface area contributed by atoms with Crippen molar-refractivity contribution in [1.82, 2.24) is 14.8 Å². The smallest absolute Gasteiger partial charge is 0.225 e. The van der Waals surface area contributed by atoms with Gasteiger partial charge in [0.05, 0.1) is 0 Å². The molecule has 0 saturated heterocycles. The van der Waals surface area contributed by atoms with E-state index in [9.17, 15) is 0 Å². The molecule has 0 atom stereocenters. The van der Waals surface area contributed by atoms with Crippen molar-refractivity contribution < 1.29 is 0 Å². The maximum atomic E-state index is 6.13. The number of aromatic nitrogens is 3. The van der Waals surface area contributed by atoms with E-state index in [2.05, 4.69) is 21.7 Å². The van der Waals surface area contributed by atoms with E-state index >= 15 is 0 Å². The van der Waals surface area contributed by atoms with Crippen LogP contribution in [0.3, 0.4) is 0 Å². The number of hydrogen-bond donors (Lipinski definition) is 0. The Balaban J connectivity index is 1.80. The van der Waals surface area contributed by atoms with Crippen molar-refractivity contribution >= 4 is 11.6 Å². The summed E-state index contributed by atoms with van der Waals surface area (Å²) in [5.41, 5.74) is 0.564. The summed E-state index contributed by atoms with van der Waals surface area (Å²) < 4.78 is 2.15. The maximum Gasteiger partial charge on any atom is 0.225 e. The van der Waals surface area contributed by atoms with Crippen LogP contribution in [0.2, 0.25) is 5.28 Å². The van der Waals surface area contributed by atoms with Gasteiger partial charge >= 0.3 is 0 Å². The van der Waals surface area contributed by atoms with Crippen LogP contribution in [-0.4, -0.2) is 14.8 Å². The molecule has 0 bridgehead atoms. The SMILES string of the molecule is CCCc1nnc(Cl)n1CC1(C2CC2)CC1. The average Bonchev–Trinajstić information content (AvgIpc) is 3.13. The Morgan fingerprint density at radius 2 is 2.12 bits per heavy atom. The van der Waals surface area contributed by atoms with Crippen LogP contribution in [0.1, 0.15) is 44.9 Å². The molecule has 0 unspecified atom stereocenters. The molecule has 16 heavy (non-hydrogen) atoms. The molecule has 3 rings (SSSR count). The van der Waals surface area contributed by atoms with E-state index in [-0.39, 0.29) is 0 Å². The van der Waals surface area contributed by atoms with Gasteiger partial charge in [0.2, 0.25) is 5.28 Å². The number of aryl methyl sites for hydroxylation is 1. The quantitative estimate of drug-likeness (QED) is 0.791. The molecule has 3 nitrogen and oxygen atoms in total. The zero-order valence-electron chi connectivity index (χ0n) is 9.75. The molecular weight excluding hydrogens is 222 g/mol. The van der Waals surface area contributed by atoms with Gasteiger partial charge in [-0.05, 0) is 55.0 Å². The minimum Gasteiger partial charge on any atom is -0.301 e. The molecule has 0 radical (unpaired) electrons. The number of hydrogen-bond acceptors (Lipinski definition) is 2. The molecule has 2 saturated carbocycles. The van der Waals surface area contributed by atoms with Gasteiger partial charge in [0.25, 0.3) is 0 Å². The van der Waals surface area contributed by atoms with Crippen LogP contribution in [0, 0.1) is 11.3 Å². The van der Waals surface area contributed by atoms with Gasteiger partial charge in [0.1, 0.15) is 5.82 Å². The summed E-state index contributed by atoms with van der Waals surface area (Å²) in [6, 6.07) is 0. The van der Waals surface area contributed by atoms with Gasteiger partial charge in [-0.1, -0.05) is 6.92 Å². The third-order valence-electron chi connectivity index (χ3n) is 4.06. The van der Waals surface area contributed by atoms with Crippen LogP contribution in [0.15, 0.2) is 0 Å². The van der Waals surface area contributed by atoms with Gasteiger partial charge in [0, 0.05) is 13.0 Å². The van der Waals surface area contributed by atoms with Crippen molar-refractivity contribution in [2.75, 3.05) is 0 Å². The van der Waals surface area contributed by atoms with E-state index in [0.29, 0.717) is 10.7 Å². The van der Waals surface area contributed by atoms with Crippen LogP contribution in [0.5, 0.6) is 0 Å². The summed E-state index contributed by atoms with van der Waals surface area (Å²) in [5.74, 6) is 2.03. The monoisotopic (exact) mass is 239 g/mol. The van der Waals surface area contributed by atoms with E-state index in [0.717, 1.165) is 31.1 Å². The van der Waals surface area contributed by atoms with Crippen molar-refractivity contribution in [3.63, 3.8) is 0 Å². The molecular formula is C12H18ClN3. The largest absolute Gasteiger partial charge is 0.301 e. The fourth-order valence-electron chi connectivity index (χ4n) is 2.75. The van der Waals surface area contributed by atoms with Gasteiger partial charge in [-0.2, -0.15) is 0 Å². The van der Waals surface area contributed by atoms with Crippen molar-refractivity contribution in [3.8, 4) is 0 Å². The molecule has 0 aliphatic heterocycles. The second-order valence-corrected chi connectivity index (χ2v) is 5.70. The molecule has 0 amide bonds. The minimum absolute atomic E-state index is 0.564. The molecule has 4 heteroatoms. The Morgan fingerprint density at radius 3 is 2.69 bits per heavy atom. The first-order valence-electron chi connectivity index (χ1n) is 6.33. The Bertz CT molecular complexity index is 391. The van der Waals surface area contributed by atoms with E-state index in [1.807, 2.05) is 0 Å². The first-order valence-corrected chi connectivity index (χ1v) is 6.70. The summed E-state index contributed by atoms with van der Waals surface area (Å²) >= 11 is 6.13. The average molecular weight is 240 g/mol. The molecule has 2 aliphatic rings. The van der Waals surface area contributed by atoms with E-state index in [1.54, 1.807) is 0 Å². The van der Waals surface area contributed by atoms with Crippen LogP contribution < -0.4 is 0 Å². The van der Waals surface area contributed by atoms with Gasteiger partial charge in [-0.15, -0.1) is 10.2 Å². The lowest BCUT2D eigenvalue weighted by Crippen LogP contribution is -2.16. The lowest BCUT2D eigenvalue weighted by atomic mass is 10.0. The maximum absolute atomic E-state index is 6.13. The van der Waals surface area contributed by atoms with Crippen molar-refractivity contribution in [1.29, 1.82) is 0 Å². The molecule has 2 aliphatic carbocycles. The van der Waals surface area contributed by atoms with Gasteiger partial charge in [-0.3, -0.25) is 0 Å². The molecule has 1 aromatic heterocycles. The molecule has 1 aromatic rings. The first kappa shape index (κ1) is 10.6. The summed E-state index contributed by atoms with van der Waals surface area (Å²) in [4.78, 5) is 0. The Morgan fingerprint density at radius 1 is 1.38 bits per heavy atom. The Kier molecular flexibility index (Phi) is 2.46. The Labute approximate surface area is 101 Å².